The van der Waals surface area contributed by atoms with E-state index in [-0.39, 0.29) is 44.7 Å². The van der Waals surface area contributed by atoms with Crippen LogP contribution in [0.5, 0.6) is 11.5 Å². The molecule has 0 unspecified atom stereocenters. The van der Waals surface area contributed by atoms with E-state index in [2.05, 4.69) is 275 Å². The first-order valence-electron chi connectivity index (χ1n) is 29.6. The molecular formula is C78H78N7OPt-3. The molecule has 1 aliphatic heterocycles. The fraction of sp³-hybridized carbons (Fsp3) is 0.244. The van der Waals surface area contributed by atoms with Crippen molar-refractivity contribution < 1.29 is 25.8 Å². The molecule has 444 valence electrons. The molecule has 8 nitrogen and oxygen atoms in total. The van der Waals surface area contributed by atoms with Crippen LogP contribution >= 0.6 is 0 Å². The summed E-state index contributed by atoms with van der Waals surface area (Å²) in [5, 5.41) is 2.03. The molecule has 0 N–H and O–H groups in total. The summed E-state index contributed by atoms with van der Waals surface area (Å²) in [6.07, 6.45) is 6.16. The van der Waals surface area contributed by atoms with Crippen LogP contribution in [0.2, 0.25) is 0 Å². The third-order valence-electron chi connectivity index (χ3n) is 17.0. The Morgan fingerprint density at radius 1 is 0.448 bits per heavy atom. The summed E-state index contributed by atoms with van der Waals surface area (Å²) >= 11 is 0. The minimum Gasteiger partial charge on any atom is -0.508 e. The summed E-state index contributed by atoms with van der Waals surface area (Å²) in [5.74, 6) is 3.50. The number of ether oxygens (including phenoxy) is 1. The molecule has 11 aromatic rings. The van der Waals surface area contributed by atoms with Crippen molar-refractivity contribution in [1.29, 1.82) is 0 Å². The van der Waals surface area contributed by atoms with E-state index in [4.69, 9.17) is 24.7 Å². The van der Waals surface area contributed by atoms with E-state index >= 15 is 0 Å². The van der Waals surface area contributed by atoms with Crippen molar-refractivity contribution >= 4 is 33.2 Å². The Kier molecular flexibility index (Phi) is 16.8. The summed E-state index contributed by atoms with van der Waals surface area (Å²) < 4.78 is 9.46. The zero-order chi connectivity index (χ0) is 59.6. The Labute approximate surface area is 530 Å². The average Bonchev–Trinajstić information content (AvgIpc) is 1.66. The second-order valence-corrected chi connectivity index (χ2v) is 26.8. The normalized spacial score (nSPS) is 13.0. The second-order valence-electron chi connectivity index (χ2n) is 26.8. The summed E-state index contributed by atoms with van der Waals surface area (Å²) in [6, 6.07) is 74.4. The van der Waals surface area contributed by atoms with Crippen LogP contribution in [0.15, 0.2) is 207 Å². The van der Waals surface area contributed by atoms with Gasteiger partial charge in [0.1, 0.15) is 23.3 Å². The summed E-state index contributed by atoms with van der Waals surface area (Å²) in [5.41, 5.74) is 13.8. The van der Waals surface area contributed by atoms with Gasteiger partial charge in [-0.3, -0.25) is 0 Å². The third-order valence-corrected chi connectivity index (χ3v) is 17.0. The first-order valence-corrected chi connectivity index (χ1v) is 29.6. The van der Waals surface area contributed by atoms with Crippen LogP contribution < -0.4 is 14.5 Å². The van der Waals surface area contributed by atoms with Gasteiger partial charge in [0, 0.05) is 78.6 Å². The van der Waals surface area contributed by atoms with Crippen molar-refractivity contribution in [2.75, 3.05) is 16.5 Å². The van der Waals surface area contributed by atoms with Gasteiger partial charge in [0.2, 0.25) is 0 Å². The SMILES string of the molecule is CC(C)(C)c1ccc(-c2cccc(-c3ccc(C(C)(C)C)cc3)c2N2C=CN(c3[c-]c(Oc4[c-]c5c(cc4-c4nc(C(C)(C)c6ccccc6)nc(C(C)(C)c6ccccc6)n4)c4cc(C(C)(C)C)ccc4n5-c4ccccn4)ccc3)C2)cc1.[CH3-].[Pt]. The number of fused-ring (bicyclic) bond motifs is 3. The number of para-hydroxylation sites is 1. The van der Waals surface area contributed by atoms with E-state index in [0.29, 0.717) is 41.2 Å². The summed E-state index contributed by atoms with van der Waals surface area (Å²) in [6.45, 7) is 29.6. The molecule has 0 atom stereocenters. The topological polar surface area (TPSA) is 72.2 Å². The van der Waals surface area contributed by atoms with Crippen LogP contribution in [-0.4, -0.2) is 31.2 Å². The van der Waals surface area contributed by atoms with Gasteiger partial charge in [0.25, 0.3) is 0 Å². The molecule has 8 aromatic carbocycles. The molecule has 0 radical (unpaired) electrons. The molecule has 1 aliphatic rings. The Hall–Kier alpha value is -8.45. The molecule has 9 heteroatoms. The fourth-order valence-electron chi connectivity index (χ4n) is 11.5. The molecule has 3 aromatic heterocycles. The van der Waals surface area contributed by atoms with Crippen LogP contribution in [0.25, 0.3) is 61.3 Å². The largest absolute Gasteiger partial charge is 0.508 e. The van der Waals surface area contributed by atoms with Gasteiger partial charge in [0.15, 0.2) is 0 Å². The van der Waals surface area contributed by atoms with Crippen molar-refractivity contribution in [3.63, 3.8) is 0 Å². The number of benzene rings is 8. The van der Waals surface area contributed by atoms with Gasteiger partial charge >= 0.3 is 0 Å². The predicted molar refractivity (Wildman–Crippen MR) is 358 cm³/mol. The minimum atomic E-state index is -0.611. The second kappa shape index (κ2) is 23.7. The van der Waals surface area contributed by atoms with Gasteiger partial charge in [-0.25, -0.2) is 19.9 Å². The van der Waals surface area contributed by atoms with Gasteiger partial charge in [-0.05, 0) is 112 Å². The standard InChI is InChI=1S/C77H75N7O.CH3.Pt/c1-73(2,3)53-37-33-51(34-38-53)60-30-23-31-61(52-35-39-54(40-36-52)74(4,5)6)69(60)83-45-44-82(50-83)58-28-22-29-59(47-58)85-67-49-66-63(62-46-57(75(7,8)9)41-42-65(62)84(66)68-32-20-21-43-78-68)48-64(67)70-79-71(76(10,11)55-24-16-14-17-25-55)81-72(80-70)77(12,13)56-26-18-15-19-27-56;;/h14-46,48H,50H2,1-13H3;1H3;/q-2;-1;. The third kappa shape index (κ3) is 12.1. The van der Waals surface area contributed by atoms with Gasteiger partial charge in [-0.2, -0.15) is 6.07 Å². The first-order chi connectivity index (χ1) is 40.5. The zero-order valence-electron chi connectivity index (χ0n) is 52.7. The molecule has 0 saturated carbocycles. The van der Waals surface area contributed by atoms with Crippen molar-refractivity contribution in [3.05, 3.63) is 266 Å². The van der Waals surface area contributed by atoms with E-state index in [9.17, 15) is 0 Å². The molecular weight excluding hydrogens is 1250 g/mol. The van der Waals surface area contributed by atoms with E-state index in [1.807, 2.05) is 48.7 Å². The molecule has 12 rings (SSSR count). The van der Waals surface area contributed by atoms with Crippen molar-refractivity contribution in [2.45, 2.75) is 117 Å². The molecule has 0 fully saturated rings. The predicted octanol–water partition coefficient (Wildman–Crippen LogP) is 19.5. The Morgan fingerprint density at radius 3 is 1.49 bits per heavy atom. The molecule has 4 heterocycles. The number of hydrogen-bond donors (Lipinski definition) is 0. The van der Waals surface area contributed by atoms with Crippen LogP contribution in [0, 0.1) is 19.6 Å². The smallest absolute Gasteiger partial charge is 0.141 e. The number of anilines is 2. The number of aromatic nitrogens is 5. The van der Waals surface area contributed by atoms with E-state index in [1.165, 1.54) is 16.7 Å². The Morgan fingerprint density at radius 2 is 0.966 bits per heavy atom. The van der Waals surface area contributed by atoms with Crippen LogP contribution in [0.4, 0.5) is 11.4 Å². The number of nitrogens with zero attached hydrogens (tertiary/aromatic N) is 7. The molecule has 87 heavy (non-hydrogen) atoms. The average molecular weight is 1320 g/mol. The molecule has 0 aliphatic carbocycles. The van der Waals surface area contributed by atoms with Gasteiger partial charge < -0.3 is 26.5 Å². The molecule has 0 spiro atoms. The maximum absolute atomic E-state index is 7.28. The van der Waals surface area contributed by atoms with Crippen molar-refractivity contribution in [3.8, 4) is 51.0 Å². The maximum Gasteiger partial charge on any atom is 0.141 e. The molecule has 0 amide bonds. The number of pyridine rings is 1. The monoisotopic (exact) mass is 1320 g/mol. The molecule has 0 saturated heterocycles. The maximum atomic E-state index is 7.28. The quantitative estimate of drug-likeness (QED) is 0.113. The van der Waals surface area contributed by atoms with E-state index in [0.717, 1.165) is 72.4 Å². The minimum absolute atomic E-state index is 0. The molecule has 0 bridgehead atoms. The van der Waals surface area contributed by atoms with Gasteiger partial charge in [0.05, 0.1) is 12.4 Å². The van der Waals surface area contributed by atoms with Crippen LogP contribution in [0.1, 0.15) is 129 Å². The van der Waals surface area contributed by atoms with Crippen molar-refractivity contribution in [2.24, 2.45) is 0 Å². The number of hydrogen-bond acceptors (Lipinski definition) is 7. The van der Waals surface area contributed by atoms with E-state index in [1.54, 1.807) is 0 Å². The van der Waals surface area contributed by atoms with Crippen LogP contribution in [-0.2, 0) is 48.1 Å². The Bertz CT molecular complexity index is 4140. The van der Waals surface area contributed by atoms with Gasteiger partial charge in [-0.1, -0.05) is 219 Å². The van der Waals surface area contributed by atoms with Crippen molar-refractivity contribution in [1.82, 2.24) is 24.5 Å². The first kappa shape index (κ1) is 61.6. The number of rotatable bonds is 12. The fourth-order valence-corrected chi connectivity index (χ4v) is 11.5. The summed E-state index contributed by atoms with van der Waals surface area (Å²) in [4.78, 5) is 25.9. The summed E-state index contributed by atoms with van der Waals surface area (Å²) in [7, 11) is 0. The Balaban J connectivity index is 0.00000419. The van der Waals surface area contributed by atoms with Gasteiger partial charge in [-0.15, -0.1) is 35.7 Å². The van der Waals surface area contributed by atoms with Crippen LogP contribution in [0.3, 0.4) is 0 Å². The zero-order valence-corrected chi connectivity index (χ0v) is 55.0. The van der Waals surface area contributed by atoms with E-state index < -0.39 is 10.8 Å².